The number of hydrogen-bond acceptors (Lipinski definition) is 1. The molecular weight excluding hydrogens is 308 g/mol. The third kappa shape index (κ3) is 3.46. The maximum Gasteiger partial charge on any atom is 0.242 e. The first kappa shape index (κ1) is 15.9. The Morgan fingerprint density at radius 1 is 0.960 bits per heavy atom. The van der Waals surface area contributed by atoms with E-state index in [1.54, 1.807) is 0 Å². The molecule has 0 saturated carbocycles. The Morgan fingerprint density at radius 3 is 2.64 bits per heavy atom. The summed E-state index contributed by atoms with van der Waals surface area (Å²) in [6, 6.07) is 20.9. The van der Waals surface area contributed by atoms with Crippen molar-refractivity contribution in [3.05, 3.63) is 72.4 Å². The van der Waals surface area contributed by atoms with Crippen LogP contribution >= 0.6 is 0 Å². The van der Waals surface area contributed by atoms with Gasteiger partial charge < -0.3 is 9.47 Å². The molecule has 3 nitrogen and oxygen atoms in total. The van der Waals surface area contributed by atoms with Crippen molar-refractivity contribution in [1.82, 2.24) is 9.47 Å². The molecule has 1 saturated heterocycles. The quantitative estimate of drug-likeness (QED) is 0.696. The van der Waals surface area contributed by atoms with E-state index < -0.39 is 0 Å². The summed E-state index contributed by atoms with van der Waals surface area (Å²) >= 11 is 0. The van der Waals surface area contributed by atoms with Crippen LogP contribution in [0, 0.1) is 0 Å². The highest BCUT2D eigenvalue weighted by atomic mass is 16.2. The molecule has 128 valence electrons. The number of amides is 1. The van der Waals surface area contributed by atoms with Gasteiger partial charge >= 0.3 is 0 Å². The molecule has 4 rings (SSSR count). The van der Waals surface area contributed by atoms with Crippen LogP contribution in [-0.4, -0.2) is 28.5 Å². The summed E-state index contributed by atoms with van der Waals surface area (Å²) in [5.41, 5.74) is 2.49. The zero-order valence-corrected chi connectivity index (χ0v) is 14.5. The Balaban J connectivity index is 1.50. The number of carbonyl (C=O) groups is 1. The Morgan fingerprint density at radius 2 is 1.76 bits per heavy atom. The summed E-state index contributed by atoms with van der Waals surface area (Å²) in [6.07, 6.45) is 5.48. The molecule has 1 aliphatic heterocycles. The molecule has 1 fully saturated rings. The van der Waals surface area contributed by atoms with E-state index in [4.69, 9.17) is 0 Å². The molecule has 25 heavy (non-hydrogen) atoms. The first-order valence-electron chi connectivity index (χ1n) is 9.18. The van der Waals surface area contributed by atoms with Gasteiger partial charge in [-0.2, -0.15) is 0 Å². The van der Waals surface area contributed by atoms with E-state index in [2.05, 4.69) is 58.0 Å². The predicted octanol–water partition coefficient (Wildman–Crippen LogP) is 4.44. The summed E-state index contributed by atoms with van der Waals surface area (Å²) < 4.78 is 2.07. The lowest BCUT2D eigenvalue weighted by molar-refractivity contribution is -0.131. The van der Waals surface area contributed by atoms with Gasteiger partial charge in [-0.25, -0.2) is 0 Å². The standard InChI is InChI=1S/C22H24N2O/c25-22(17-23-15-13-19-10-4-5-12-21(19)23)24-14-7-6-11-20(16-24)18-8-2-1-3-9-18/h1-5,8-10,12-13,15,20H,6-7,11,14,16-17H2. The van der Waals surface area contributed by atoms with Crippen molar-refractivity contribution in [2.45, 2.75) is 31.7 Å². The molecule has 1 atom stereocenters. The maximum atomic E-state index is 12.9. The van der Waals surface area contributed by atoms with Crippen molar-refractivity contribution in [3.63, 3.8) is 0 Å². The predicted molar refractivity (Wildman–Crippen MR) is 102 cm³/mol. The highest BCUT2D eigenvalue weighted by Gasteiger charge is 2.23. The van der Waals surface area contributed by atoms with Crippen LogP contribution in [0.5, 0.6) is 0 Å². The number of carbonyl (C=O) groups excluding carboxylic acids is 1. The Hall–Kier alpha value is -2.55. The summed E-state index contributed by atoms with van der Waals surface area (Å²) in [6.45, 7) is 2.14. The van der Waals surface area contributed by atoms with Crippen molar-refractivity contribution in [3.8, 4) is 0 Å². The van der Waals surface area contributed by atoms with Crippen LogP contribution in [0.15, 0.2) is 66.9 Å². The number of likely N-dealkylation sites (tertiary alicyclic amines) is 1. The van der Waals surface area contributed by atoms with Crippen molar-refractivity contribution in [1.29, 1.82) is 0 Å². The first-order valence-corrected chi connectivity index (χ1v) is 9.18. The Bertz CT molecular complexity index is 853. The topological polar surface area (TPSA) is 25.2 Å². The van der Waals surface area contributed by atoms with Gasteiger partial charge in [0, 0.05) is 30.7 Å². The lowest BCUT2D eigenvalue weighted by atomic mass is 9.94. The molecule has 0 radical (unpaired) electrons. The van der Waals surface area contributed by atoms with Crippen LogP contribution in [0.25, 0.3) is 10.9 Å². The molecule has 1 aliphatic rings. The number of rotatable bonds is 3. The van der Waals surface area contributed by atoms with E-state index in [0.29, 0.717) is 12.5 Å². The second-order valence-corrected chi connectivity index (χ2v) is 6.95. The fourth-order valence-corrected chi connectivity index (χ4v) is 3.89. The monoisotopic (exact) mass is 332 g/mol. The fraction of sp³-hybridized carbons (Fsp3) is 0.318. The minimum Gasteiger partial charge on any atom is -0.341 e. The van der Waals surface area contributed by atoms with E-state index in [0.717, 1.165) is 25.0 Å². The van der Waals surface area contributed by atoms with Gasteiger partial charge in [0.25, 0.3) is 0 Å². The molecule has 0 aliphatic carbocycles. The van der Waals surface area contributed by atoms with Gasteiger partial charge in [-0.05, 0) is 35.9 Å². The smallest absolute Gasteiger partial charge is 0.242 e. The molecule has 0 N–H and O–H groups in total. The van der Waals surface area contributed by atoms with Gasteiger partial charge in [0.15, 0.2) is 0 Å². The SMILES string of the molecule is O=C(Cn1ccc2ccccc21)N1CCCCC(c2ccccc2)C1. The largest absolute Gasteiger partial charge is 0.341 e. The molecular formula is C22H24N2O. The number of para-hydroxylation sites is 1. The van der Waals surface area contributed by atoms with Gasteiger partial charge in [0.2, 0.25) is 5.91 Å². The van der Waals surface area contributed by atoms with E-state index in [9.17, 15) is 4.79 Å². The molecule has 0 spiro atoms. The third-order valence-corrected chi connectivity index (χ3v) is 5.28. The van der Waals surface area contributed by atoms with Crippen LogP contribution in [0.2, 0.25) is 0 Å². The molecule has 1 aromatic heterocycles. The number of benzene rings is 2. The minimum absolute atomic E-state index is 0.226. The third-order valence-electron chi connectivity index (χ3n) is 5.28. The van der Waals surface area contributed by atoms with E-state index in [1.807, 2.05) is 18.3 Å². The zero-order valence-electron chi connectivity index (χ0n) is 14.5. The average Bonchev–Trinajstić information content (AvgIpc) is 2.90. The van der Waals surface area contributed by atoms with Gasteiger partial charge in [-0.3, -0.25) is 4.79 Å². The second-order valence-electron chi connectivity index (χ2n) is 6.95. The molecule has 0 bridgehead atoms. The number of aromatic nitrogens is 1. The molecule has 3 heteroatoms. The highest BCUT2D eigenvalue weighted by Crippen LogP contribution is 2.26. The maximum absolute atomic E-state index is 12.9. The van der Waals surface area contributed by atoms with Crippen LogP contribution in [0.4, 0.5) is 0 Å². The van der Waals surface area contributed by atoms with Crippen LogP contribution in [0.1, 0.15) is 30.7 Å². The Kier molecular flexibility index (Phi) is 4.55. The van der Waals surface area contributed by atoms with Gasteiger partial charge in [-0.15, -0.1) is 0 Å². The molecule has 2 heterocycles. The molecule has 1 unspecified atom stereocenters. The van der Waals surface area contributed by atoms with Crippen LogP contribution < -0.4 is 0 Å². The summed E-state index contributed by atoms with van der Waals surface area (Å²) in [5.74, 6) is 0.679. The summed E-state index contributed by atoms with van der Waals surface area (Å²) in [5, 5.41) is 1.19. The van der Waals surface area contributed by atoms with Crippen molar-refractivity contribution < 1.29 is 4.79 Å². The van der Waals surface area contributed by atoms with E-state index in [-0.39, 0.29) is 5.91 Å². The summed E-state index contributed by atoms with van der Waals surface area (Å²) in [7, 11) is 0. The van der Waals surface area contributed by atoms with Crippen molar-refractivity contribution >= 4 is 16.8 Å². The van der Waals surface area contributed by atoms with Gasteiger partial charge in [0.1, 0.15) is 6.54 Å². The fourth-order valence-electron chi connectivity index (χ4n) is 3.89. The number of fused-ring (bicyclic) bond motifs is 1. The minimum atomic E-state index is 0.226. The number of hydrogen-bond donors (Lipinski definition) is 0. The zero-order chi connectivity index (χ0) is 17.1. The lowest BCUT2D eigenvalue weighted by Gasteiger charge is -2.25. The average molecular weight is 332 g/mol. The van der Waals surface area contributed by atoms with Gasteiger partial charge in [0.05, 0.1) is 0 Å². The van der Waals surface area contributed by atoms with E-state index in [1.165, 1.54) is 23.8 Å². The molecule has 3 aromatic rings. The van der Waals surface area contributed by atoms with E-state index >= 15 is 0 Å². The van der Waals surface area contributed by atoms with Gasteiger partial charge in [-0.1, -0.05) is 55.0 Å². The second kappa shape index (κ2) is 7.14. The van der Waals surface area contributed by atoms with Crippen molar-refractivity contribution in [2.75, 3.05) is 13.1 Å². The summed E-state index contributed by atoms with van der Waals surface area (Å²) in [4.78, 5) is 15.0. The normalized spacial score (nSPS) is 18.2. The highest BCUT2D eigenvalue weighted by molar-refractivity contribution is 5.83. The van der Waals surface area contributed by atoms with Crippen LogP contribution in [0.3, 0.4) is 0 Å². The van der Waals surface area contributed by atoms with Crippen LogP contribution in [-0.2, 0) is 11.3 Å². The molecule has 1 amide bonds. The number of nitrogens with zero attached hydrogens (tertiary/aromatic N) is 2. The Labute approximate surface area is 148 Å². The van der Waals surface area contributed by atoms with Crippen molar-refractivity contribution in [2.24, 2.45) is 0 Å². The first-order chi connectivity index (χ1) is 12.3. The molecule has 2 aromatic carbocycles. The lowest BCUT2D eigenvalue weighted by Crippen LogP contribution is -2.36.